The Labute approximate surface area is 149 Å². The van der Waals surface area contributed by atoms with Crippen LogP contribution in [0.25, 0.3) is 11.3 Å². The first-order chi connectivity index (χ1) is 12.3. The van der Waals surface area contributed by atoms with Gasteiger partial charge in [0.1, 0.15) is 5.75 Å². The number of halogens is 5. The molecule has 1 heterocycles. The summed E-state index contributed by atoms with van der Waals surface area (Å²) in [6, 6.07) is 10.9. The molecule has 1 N–H and O–H groups in total. The van der Waals surface area contributed by atoms with Crippen LogP contribution in [-0.4, -0.2) is 11.6 Å². The number of nitrogens with zero attached hydrogens (tertiary/aromatic N) is 1. The maximum atomic E-state index is 13.0. The third-order valence-corrected chi connectivity index (χ3v) is 4.11. The summed E-state index contributed by atoms with van der Waals surface area (Å²) in [7, 11) is 0. The topological polar surface area (TPSA) is 34.1 Å². The number of hydrogen-bond acceptors (Lipinski definition) is 4. The van der Waals surface area contributed by atoms with Gasteiger partial charge in [0.25, 0.3) is 0 Å². The van der Waals surface area contributed by atoms with Crippen LogP contribution in [0.3, 0.4) is 0 Å². The van der Waals surface area contributed by atoms with Crippen molar-refractivity contribution < 1.29 is 26.7 Å². The van der Waals surface area contributed by atoms with Gasteiger partial charge in [-0.25, -0.2) is 4.98 Å². The minimum absolute atomic E-state index is 0.0106. The number of nitrogens with one attached hydrogen (secondary N) is 1. The monoisotopic (exact) mass is 386 g/mol. The lowest BCUT2D eigenvalue weighted by Crippen LogP contribution is -2.08. The zero-order chi connectivity index (χ0) is 18.7. The van der Waals surface area contributed by atoms with Crippen molar-refractivity contribution in [3.8, 4) is 17.0 Å². The molecule has 0 aliphatic rings. The molecule has 1 aromatic heterocycles. The van der Waals surface area contributed by atoms with Crippen LogP contribution in [0.15, 0.2) is 53.9 Å². The van der Waals surface area contributed by atoms with Gasteiger partial charge >= 0.3 is 12.8 Å². The molecule has 136 valence electrons. The molecule has 0 amide bonds. The fourth-order valence-electron chi connectivity index (χ4n) is 2.23. The van der Waals surface area contributed by atoms with Gasteiger partial charge in [0.05, 0.1) is 16.9 Å². The molecule has 9 heteroatoms. The molecule has 0 aliphatic carbocycles. The summed E-state index contributed by atoms with van der Waals surface area (Å²) in [5.41, 5.74) is 0.248. The Hall–Kier alpha value is -2.68. The molecule has 0 atom stereocenters. The van der Waals surface area contributed by atoms with Crippen LogP contribution < -0.4 is 10.1 Å². The Bertz CT molecular complexity index is 877. The first-order valence-electron chi connectivity index (χ1n) is 7.27. The second-order valence-electron chi connectivity index (χ2n) is 5.11. The van der Waals surface area contributed by atoms with Gasteiger partial charge in [-0.3, -0.25) is 0 Å². The van der Waals surface area contributed by atoms with E-state index in [0.717, 1.165) is 17.4 Å². The van der Waals surface area contributed by atoms with Crippen molar-refractivity contribution in [3.05, 3.63) is 59.5 Å². The first-order valence-corrected chi connectivity index (χ1v) is 8.15. The maximum Gasteiger partial charge on any atom is 0.418 e. The van der Waals surface area contributed by atoms with Crippen molar-refractivity contribution in [2.45, 2.75) is 12.8 Å². The van der Waals surface area contributed by atoms with E-state index in [1.165, 1.54) is 30.3 Å². The number of benzene rings is 2. The molecule has 0 aliphatic heterocycles. The molecule has 26 heavy (non-hydrogen) atoms. The quantitative estimate of drug-likeness (QED) is 0.532. The highest BCUT2D eigenvalue weighted by Crippen LogP contribution is 2.37. The van der Waals surface area contributed by atoms with E-state index in [9.17, 15) is 22.0 Å². The molecule has 2 aromatic carbocycles. The van der Waals surface area contributed by atoms with E-state index in [0.29, 0.717) is 11.3 Å². The van der Waals surface area contributed by atoms with Crippen LogP contribution >= 0.6 is 11.3 Å². The average Bonchev–Trinajstić information content (AvgIpc) is 3.03. The molecular weight excluding hydrogens is 375 g/mol. The molecule has 3 aromatic rings. The van der Waals surface area contributed by atoms with Crippen molar-refractivity contribution in [3.63, 3.8) is 0 Å². The van der Waals surface area contributed by atoms with E-state index in [4.69, 9.17) is 0 Å². The number of hydrogen-bond donors (Lipinski definition) is 1. The van der Waals surface area contributed by atoms with Crippen LogP contribution in [0.2, 0.25) is 0 Å². The van der Waals surface area contributed by atoms with Crippen molar-refractivity contribution in [1.29, 1.82) is 0 Å². The fraction of sp³-hybridized carbons (Fsp3) is 0.118. The third kappa shape index (κ3) is 4.29. The number of ether oxygens (including phenoxy) is 1. The Morgan fingerprint density at radius 1 is 1.00 bits per heavy atom. The molecule has 0 radical (unpaired) electrons. The molecule has 0 bridgehead atoms. The van der Waals surface area contributed by atoms with Gasteiger partial charge in [-0.1, -0.05) is 12.1 Å². The summed E-state index contributed by atoms with van der Waals surface area (Å²) in [5.74, 6) is 0.0106. The van der Waals surface area contributed by atoms with Gasteiger partial charge in [0.15, 0.2) is 5.13 Å². The molecular formula is C17H11F5N2OS. The summed E-state index contributed by atoms with van der Waals surface area (Å²) in [6.45, 7) is -2.91. The highest BCUT2D eigenvalue weighted by atomic mass is 32.1. The predicted molar refractivity (Wildman–Crippen MR) is 88.9 cm³/mol. The molecule has 0 spiro atoms. The van der Waals surface area contributed by atoms with Crippen LogP contribution in [-0.2, 0) is 6.18 Å². The highest BCUT2D eigenvalue weighted by molar-refractivity contribution is 7.14. The lowest BCUT2D eigenvalue weighted by atomic mass is 10.1. The molecule has 3 nitrogen and oxygen atoms in total. The number of alkyl halides is 5. The van der Waals surface area contributed by atoms with E-state index in [2.05, 4.69) is 15.0 Å². The van der Waals surface area contributed by atoms with Gasteiger partial charge in [-0.15, -0.1) is 11.3 Å². The van der Waals surface area contributed by atoms with Gasteiger partial charge in [-0.2, -0.15) is 22.0 Å². The smallest absolute Gasteiger partial charge is 0.418 e. The highest BCUT2D eigenvalue weighted by Gasteiger charge is 2.33. The van der Waals surface area contributed by atoms with Gasteiger partial charge in [-0.05, 0) is 36.4 Å². The summed E-state index contributed by atoms with van der Waals surface area (Å²) in [5, 5.41) is 4.61. The number of para-hydroxylation sites is 1. The fourth-order valence-corrected chi connectivity index (χ4v) is 2.96. The van der Waals surface area contributed by atoms with E-state index >= 15 is 0 Å². The van der Waals surface area contributed by atoms with Gasteiger partial charge < -0.3 is 10.1 Å². The largest absolute Gasteiger partial charge is 0.435 e. The van der Waals surface area contributed by atoms with Gasteiger partial charge in [0, 0.05) is 10.9 Å². The van der Waals surface area contributed by atoms with Crippen molar-refractivity contribution in [2.75, 3.05) is 5.32 Å². The molecule has 0 unspecified atom stereocenters. The predicted octanol–water partition coefficient (Wildman–Crippen LogP) is 6.17. The van der Waals surface area contributed by atoms with Crippen molar-refractivity contribution >= 4 is 22.2 Å². The van der Waals surface area contributed by atoms with Crippen LogP contribution in [0, 0.1) is 0 Å². The summed E-state index contributed by atoms with van der Waals surface area (Å²) >= 11 is 1.13. The molecule has 0 saturated carbocycles. The maximum absolute atomic E-state index is 13.0. The second-order valence-corrected chi connectivity index (χ2v) is 5.97. The van der Waals surface area contributed by atoms with E-state index < -0.39 is 18.4 Å². The Balaban J connectivity index is 1.79. The van der Waals surface area contributed by atoms with E-state index in [1.807, 2.05) is 0 Å². The summed E-state index contributed by atoms with van der Waals surface area (Å²) in [4.78, 5) is 4.24. The number of thiazole rings is 1. The molecule has 0 fully saturated rings. The van der Waals surface area contributed by atoms with Crippen LogP contribution in [0.4, 0.5) is 32.8 Å². The SMILES string of the molecule is FC(F)Oc1ccc(-c2csc(Nc3ccccc3C(F)(F)F)n2)cc1. The third-order valence-electron chi connectivity index (χ3n) is 3.35. The van der Waals surface area contributed by atoms with Crippen LogP contribution in [0.1, 0.15) is 5.56 Å². The Kier molecular flexibility index (Phi) is 5.08. The van der Waals surface area contributed by atoms with Crippen LogP contribution in [0.5, 0.6) is 5.75 Å². The van der Waals surface area contributed by atoms with Gasteiger partial charge in [0.2, 0.25) is 0 Å². The first kappa shape index (κ1) is 18.1. The number of anilines is 2. The second kappa shape index (κ2) is 7.28. The Morgan fingerprint density at radius 2 is 1.69 bits per heavy atom. The molecule has 3 rings (SSSR count). The van der Waals surface area contributed by atoms with E-state index in [-0.39, 0.29) is 16.6 Å². The van der Waals surface area contributed by atoms with Crippen molar-refractivity contribution in [1.82, 2.24) is 4.98 Å². The minimum Gasteiger partial charge on any atom is -0.435 e. The average molecular weight is 386 g/mol. The van der Waals surface area contributed by atoms with Crippen molar-refractivity contribution in [2.24, 2.45) is 0 Å². The number of aromatic nitrogens is 1. The zero-order valence-electron chi connectivity index (χ0n) is 12.9. The molecule has 0 saturated heterocycles. The number of rotatable bonds is 5. The normalized spacial score (nSPS) is 11.6. The lowest BCUT2D eigenvalue weighted by molar-refractivity contribution is -0.136. The lowest BCUT2D eigenvalue weighted by Gasteiger charge is -2.12. The minimum atomic E-state index is -4.48. The zero-order valence-corrected chi connectivity index (χ0v) is 13.7. The Morgan fingerprint density at radius 3 is 2.35 bits per heavy atom. The summed E-state index contributed by atoms with van der Waals surface area (Å²) < 4.78 is 67.6. The summed E-state index contributed by atoms with van der Waals surface area (Å²) in [6.07, 6.45) is -4.48. The standard InChI is InChI=1S/C17H11F5N2OS/c18-15(19)25-11-7-5-10(6-8-11)14-9-26-16(24-14)23-13-4-2-1-3-12(13)17(20,21)22/h1-9,15H,(H,23,24). The van der Waals surface area contributed by atoms with E-state index in [1.54, 1.807) is 17.5 Å².